The van der Waals surface area contributed by atoms with Crippen LogP contribution in [0.2, 0.25) is 5.02 Å². The van der Waals surface area contributed by atoms with E-state index in [0.29, 0.717) is 11.6 Å². The van der Waals surface area contributed by atoms with E-state index in [1.54, 1.807) is 42.5 Å². The molecule has 0 fully saturated rings. The summed E-state index contributed by atoms with van der Waals surface area (Å²) in [6.07, 6.45) is 3.20. The molecule has 2 aromatic carbocycles. The lowest BCUT2D eigenvalue weighted by molar-refractivity contribution is -0.116. The topological polar surface area (TPSA) is 49.3 Å². The van der Waals surface area contributed by atoms with Crippen molar-refractivity contribution in [3.05, 3.63) is 70.8 Å². The van der Waals surface area contributed by atoms with Gasteiger partial charge < -0.3 is 10.4 Å². The Hall–Kier alpha value is -2.26. The number of carbonyl (C=O) groups excluding carboxylic acids is 1. The predicted octanol–water partition coefficient (Wildman–Crippen LogP) is 3.38. The Labute approximate surface area is 122 Å². The van der Waals surface area contributed by atoms with Gasteiger partial charge in [0.25, 0.3) is 0 Å². The molecule has 1 amide bonds. The maximum absolute atomic E-state index is 11.7. The molecule has 0 aliphatic rings. The zero-order valence-electron chi connectivity index (χ0n) is 10.7. The number of hydrogen-bond donors (Lipinski definition) is 2. The molecule has 102 valence electrons. The van der Waals surface area contributed by atoms with Gasteiger partial charge >= 0.3 is 0 Å². The zero-order valence-corrected chi connectivity index (χ0v) is 11.5. The number of aromatic hydroxyl groups is 1. The molecule has 0 atom stereocenters. The lowest BCUT2D eigenvalue weighted by Gasteiger charge is -2.02. The fourth-order valence-electron chi connectivity index (χ4n) is 1.61. The standard InChI is InChI=1S/C16H14ClNO2/c17-14-6-1-12(2-7-14)5-10-16(20)18-11-13-3-8-15(19)9-4-13/h1-10,19H,11H2,(H,18,20)/b10-5+. The molecule has 0 aliphatic carbocycles. The van der Waals surface area contributed by atoms with Gasteiger partial charge in [-0.15, -0.1) is 0 Å². The Morgan fingerprint density at radius 3 is 2.40 bits per heavy atom. The van der Waals surface area contributed by atoms with E-state index < -0.39 is 0 Å². The highest BCUT2D eigenvalue weighted by atomic mass is 35.5. The molecule has 0 aromatic heterocycles. The highest BCUT2D eigenvalue weighted by molar-refractivity contribution is 6.30. The molecule has 4 heteroatoms. The van der Waals surface area contributed by atoms with E-state index in [4.69, 9.17) is 16.7 Å². The first-order chi connectivity index (χ1) is 9.63. The minimum atomic E-state index is -0.173. The molecule has 2 aromatic rings. The van der Waals surface area contributed by atoms with Crippen LogP contribution in [0, 0.1) is 0 Å². The minimum absolute atomic E-state index is 0.173. The summed E-state index contributed by atoms with van der Waals surface area (Å²) in [6, 6.07) is 13.9. The second-order valence-corrected chi connectivity index (χ2v) is 4.71. The van der Waals surface area contributed by atoms with E-state index in [-0.39, 0.29) is 11.7 Å². The smallest absolute Gasteiger partial charge is 0.244 e. The van der Waals surface area contributed by atoms with Gasteiger partial charge in [0.15, 0.2) is 0 Å². The lowest BCUT2D eigenvalue weighted by atomic mass is 10.2. The number of carbonyl (C=O) groups is 1. The number of halogens is 1. The molecule has 20 heavy (non-hydrogen) atoms. The third-order valence-electron chi connectivity index (χ3n) is 2.70. The average molecular weight is 288 g/mol. The molecule has 0 aliphatic heterocycles. The summed E-state index contributed by atoms with van der Waals surface area (Å²) in [5.41, 5.74) is 1.84. The van der Waals surface area contributed by atoms with Crippen molar-refractivity contribution in [2.75, 3.05) is 0 Å². The Morgan fingerprint density at radius 2 is 1.75 bits per heavy atom. The summed E-state index contributed by atoms with van der Waals surface area (Å²) < 4.78 is 0. The van der Waals surface area contributed by atoms with Crippen molar-refractivity contribution in [3.63, 3.8) is 0 Å². The normalized spacial score (nSPS) is 10.7. The maximum atomic E-state index is 11.7. The first-order valence-electron chi connectivity index (χ1n) is 6.13. The van der Waals surface area contributed by atoms with Crippen molar-refractivity contribution in [2.45, 2.75) is 6.54 Å². The quantitative estimate of drug-likeness (QED) is 0.847. The minimum Gasteiger partial charge on any atom is -0.508 e. The SMILES string of the molecule is O=C(/C=C/c1ccc(Cl)cc1)NCc1ccc(O)cc1. The number of phenolic OH excluding ortho intramolecular Hbond substituents is 1. The Morgan fingerprint density at radius 1 is 1.10 bits per heavy atom. The summed E-state index contributed by atoms with van der Waals surface area (Å²) in [7, 11) is 0. The summed E-state index contributed by atoms with van der Waals surface area (Å²) in [5, 5.41) is 12.6. The molecule has 2 rings (SSSR count). The summed E-state index contributed by atoms with van der Waals surface area (Å²) >= 11 is 5.78. The van der Waals surface area contributed by atoms with Crippen molar-refractivity contribution in [1.29, 1.82) is 0 Å². The van der Waals surface area contributed by atoms with Gasteiger partial charge in [0, 0.05) is 17.6 Å². The number of nitrogens with one attached hydrogen (secondary N) is 1. The van der Waals surface area contributed by atoms with Gasteiger partial charge in [-0.05, 0) is 41.5 Å². The fraction of sp³-hybridized carbons (Fsp3) is 0.0625. The zero-order chi connectivity index (χ0) is 14.4. The number of hydrogen-bond acceptors (Lipinski definition) is 2. The molecule has 2 N–H and O–H groups in total. The molecule has 0 spiro atoms. The Balaban J connectivity index is 1.86. The van der Waals surface area contributed by atoms with Crippen LogP contribution in [-0.2, 0) is 11.3 Å². The molecule has 0 saturated heterocycles. The first kappa shape index (κ1) is 14.2. The van der Waals surface area contributed by atoms with Crippen LogP contribution in [0.5, 0.6) is 5.75 Å². The van der Waals surface area contributed by atoms with Crippen LogP contribution in [-0.4, -0.2) is 11.0 Å². The highest BCUT2D eigenvalue weighted by Gasteiger charge is 1.97. The van der Waals surface area contributed by atoms with Crippen molar-refractivity contribution in [3.8, 4) is 5.75 Å². The van der Waals surface area contributed by atoms with Crippen molar-refractivity contribution >= 4 is 23.6 Å². The lowest BCUT2D eigenvalue weighted by Crippen LogP contribution is -2.20. The largest absolute Gasteiger partial charge is 0.508 e. The van der Waals surface area contributed by atoms with Gasteiger partial charge in [0.2, 0.25) is 5.91 Å². The molecule has 0 bridgehead atoms. The summed E-state index contributed by atoms with van der Waals surface area (Å²) in [4.78, 5) is 11.7. The number of phenols is 1. The Bertz CT molecular complexity index is 603. The van der Waals surface area contributed by atoms with E-state index in [9.17, 15) is 4.79 Å². The molecule has 0 heterocycles. The third kappa shape index (κ3) is 4.44. The van der Waals surface area contributed by atoms with Crippen LogP contribution < -0.4 is 5.32 Å². The second kappa shape index (κ2) is 6.78. The second-order valence-electron chi connectivity index (χ2n) is 4.27. The van der Waals surface area contributed by atoms with Gasteiger partial charge in [0.1, 0.15) is 5.75 Å². The molecule has 0 radical (unpaired) electrons. The van der Waals surface area contributed by atoms with Gasteiger partial charge in [-0.1, -0.05) is 35.9 Å². The molecule has 0 unspecified atom stereocenters. The predicted molar refractivity (Wildman–Crippen MR) is 80.4 cm³/mol. The molecular formula is C16H14ClNO2. The van der Waals surface area contributed by atoms with E-state index in [0.717, 1.165) is 11.1 Å². The van der Waals surface area contributed by atoms with Crippen LogP contribution in [0.15, 0.2) is 54.6 Å². The molecule has 3 nitrogen and oxygen atoms in total. The van der Waals surface area contributed by atoms with Crippen molar-refractivity contribution in [2.24, 2.45) is 0 Å². The van der Waals surface area contributed by atoms with E-state index in [2.05, 4.69) is 5.32 Å². The van der Waals surface area contributed by atoms with Crippen molar-refractivity contribution in [1.82, 2.24) is 5.32 Å². The maximum Gasteiger partial charge on any atom is 0.244 e. The van der Waals surface area contributed by atoms with E-state index >= 15 is 0 Å². The van der Waals surface area contributed by atoms with Gasteiger partial charge in [-0.2, -0.15) is 0 Å². The van der Waals surface area contributed by atoms with Gasteiger partial charge in [0.05, 0.1) is 0 Å². The van der Waals surface area contributed by atoms with Crippen LogP contribution in [0.3, 0.4) is 0 Å². The van der Waals surface area contributed by atoms with Crippen molar-refractivity contribution < 1.29 is 9.90 Å². The number of benzene rings is 2. The van der Waals surface area contributed by atoms with Gasteiger partial charge in [-0.25, -0.2) is 0 Å². The number of amides is 1. The van der Waals surface area contributed by atoms with Crippen LogP contribution >= 0.6 is 11.6 Å². The van der Waals surface area contributed by atoms with Crippen LogP contribution in [0.25, 0.3) is 6.08 Å². The third-order valence-corrected chi connectivity index (χ3v) is 2.95. The average Bonchev–Trinajstić information content (AvgIpc) is 2.46. The molecule has 0 saturated carbocycles. The van der Waals surface area contributed by atoms with E-state index in [1.807, 2.05) is 12.1 Å². The monoisotopic (exact) mass is 287 g/mol. The first-order valence-corrected chi connectivity index (χ1v) is 6.51. The number of rotatable bonds is 4. The van der Waals surface area contributed by atoms with Crippen LogP contribution in [0.1, 0.15) is 11.1 Å². The fourth-order valence-corrected chi connectivity index (χ4v) is 1.73. The molecular weight excluding hydrogens is 274 g/mol. The highest BCUT2D eigenvalue weighted by Crippen LogP contribution is 2.11. The van der Waals surface area contributed by atoms with Crippen LogP contribution in [0.4, 0.5) is 0 Å². The Kier molecular flexibility index (Phi) is 4.80. The summed E-state index contributed by atoms with van der Waals surface area (Å²) in [6.45, 7) is 0.421. The van der Waals surface area contributed by atoms with Gasteiger partial charge in [-0.3, -0.25) is 4.79 Å². The summed E-state index contributed by atoms with van der Waals surface area (Å²) in [5.74, 6) is 0.0377. The van der Waals surface area contributed by atoms with E-state index in [1.165, 1.54) is 6.08 Å².